The zero-order valence-corrected chi connectivity index (χ0v) is 16.1. The molecule has 2 aliphatic rings. The van der Waals surface area contributed by atoms with Crippen LogP contribution >= 0.6 is 0 Å². The number of aliphatic hydroxyl groups is 1. The Kier molecular flexibility index (Phi) is 5.27. The summed E-state index contributed by atoms with van der Waals surface area (Å²) in [6.45, 7) is 6.46. The first-order valence-electron chi connectivity index (χ1n) is 9.75. The number of nitrogens with zero attached hydrogens (tertiary/aromatic N) is 6. The predicted molar refractivity (Wildman–Crippen MR) is 103 cm³/mol. The van der Waals surface area contributed by atoms with E-state index in [-0.39, 0.29) is 6.10 Å². The lowest BCUT2D eigenvalue weighted by atomic mass is 10.0. The van der Waals surface area contributed by atoms with Crippen molar-refractivity contribution in [2.45, 2.75) is 38.3 Å². The van der Waals surface area contributed by atoms with E-state index in [0.29, 0.717) is 38.1 Å². The highest BCUT2D eigenvalue weighted by atomic mass is 16.5. The first kappa shape index (κ1) is 18.2. The predicted octanol–water partition coefficient (Wildman–Crippen LogP) is 1.31. The van der Waals surface area contributed by atoms with Gasteiger partial charge < -0.3 is 24.2 Å². The molecule has 2 aliphatic heterocycles. The molecule has 2 aromatic rings. The maximum Gasteiger partial charge on any atom is 0.227 e. The Bertz CT molecular complexity index is 767. The van der Waals surface area contributed by atoms with Crippen LogP contribution in [0.15, 0.2) is 18.5 Å². The van der Waals surface area contributed by atoms with Gasteiger partial charge in [-0.3, -0.25) is 0 Å². The van der Waals surface area contributed by atoms with Crippen LogP contribution in [0.5, 0.6) is 0 Å². The van der Waals surface area contributed by atoms with Crippen molar-refractivity contribution in [1.82, 2.24) is 19.5 Å². The van der Waals surface area contributed by atoms with Crippen LogP contribution in [0.1, 0.15) is 37.2 Å². The van der Waals surface area contributed by atoms with Crippen molar-refractivity contribution in [3.05, 3.63) is 30.0 Å². The molecule has 2 aromatic heterocycles. The van der Waals surface area contributed by atoms with Crippen molar-refractivity contribution in [1.29, 1.82) is 0 Å². The summed E-state index contributed by atoms with van der Waals surface area (Å²) in [5, 5.41) is 9.69. The number of ether oxygens (including phenoxy) is 1. The Hall–Kier alpha value is -2.19. The van der Waals surface area contributed by atoms with Gasteiger partial charge in [0.15, 0.2) is 0 Å². The van der Waals surface area contributed by atoms with E-state index in [1.807, 2.05) is 28.9 Å². The monoisotopic (exact) mass is 372 g/mol. The van der Waals surface area contributed by atoms with E-state index in [1.54, 1.807) is 0 Å². The van der Waals surface area contributed by atoms with Crippen molar-refractivity contribution >= 4 is 11.8 Å². The maximum atomic E-state index is 9.69. The first-order valence-corrected chi connectivity index (χ1v) is 9.75. The number of aryl methyl sites for hydroxylation is 1. The van der Waals surface area contributed by atoms with E-state index in [0.717, 1.165) is 43.3 Å². The molecule has 146 valence electrons. The number of aromatic nitrogens is 4. The summed E-state index contributed by atoms with van der Waals surface area (Å²) >= 11 is 0. The number of rotatable bonds is 7. The van der Waals surface area contributed by atoms with E-state index in [1.165, 1.54) is 0 Å². The van der Waals surface area contributed by atoms with Crippen molar-refractivity contribution in [2.75, 3.05) is 42.6 Å². The molecule has 2 fully saturated rings. The molecule has 1 N–H and O–H groups in total. The molecule has 4 rings (SSSR count). The van der Waals surface area contributed by atoms with Crippen molar-refractivity contribution in [3.63, 3.8) is 0 Å². The fourth-order valence-electron chi connectivity index (χ4n) is 3.60. The van der Waals surface area contributed by atoms with Crippen LogP contribution < -0.4 is 9.80 Å². The molecule has 4 heterocycles. The minimum atomic E-state index is -0.283. The second kappa shape index (κ2) is 7.82. The molecule has 0 bridgehead atoms. The molecular weight excluding hydrogens is 344 g/mol. The molecule has 8 nitrogen and oxygen atoms in total. The van der Waals surface area contributed by atoms with Gasteiger partial charge >= 0.3 is 0 Å². The summed E-state index contributed by atoms with van der Waals surface area (Å²) in [6, 6.07) is 2.11. The summed E-state index contributed by atoms with van der Waals surface area (Å²) in [5.74, 6) is 2.95. The fraction of sp³-hybridized carbons (Fsp3) is 0.632. The zero-order chi connectivity index (χ0) is 18.8. The van der Waals surface area contributed by atoms with Crippen molar-refractivity contribution in [3.8, 4) is 0 Å². The van der Waals surface area contributed by atoms with Gasteiger partial charge in [0.05, 0.1) is 24.9 Å². The van der Waals surface area contributed by atoms with Crippen LogP contribution in [0.2, 0.25) is 0 Å². The van der Waals surface area contributed by atoms with Gasteiger partial charge in [0.2, 0.25) is 5.95 Å². The second-order valence-corrected chi connectivity index (χ2v) is 7.45. The molecule has 2 saturated heterocycles. The number of imidazole rings is 1. The van der Waals surface area contributed by atoms with Crippen LogP contribution in [0.25, 0.3) is 0 Å². The Morgan fingerprint density at radius 3 is 2.81 bits per heavy atom. The lowest BCUT2D eigenvalue weighted by molar-refractivity contribution is 0.140. The normalized spacial score (nSPS) is 20.1. The standard InChI is InChI=1S/C19H28N6O2/c1-3-6-24(12-18-20-5-7-23(18)2)17-9-16(14-4-8-27-13-14)21-19(22-17)25-10-15(26)11-25/h5,7,9,14-15,26H,3-4,6,8,10-13H2,1-2H3/t14-/m0/s1. The van der Waals surface area contributed by atoms with Crippen LogP contribution in [-0.4, -0.2) is 63.6 Å². The Morgan fingerprint density at radius 1 is 1.33 bits per heavy atom. The van der Waals surface area contributed by atoms with Gasteiger partial charge in [0, 0.05) is 57.7 Å². The number of hydrogen-bond acceptors (Lipinski definition) is 7. The quantitative estimate of drug-likeness (QED) is 0.785. The van der Waals surface area contributed by atoms with Gasteiger partial charge in [-0.15, -0.1) is 0 Å². The van der Waals surface area contributed by atoms with E-state index in [9.17, 15) is 5.11 Å². The minimum absolute atomic E-state index is 0.283. The molecule has 0 unspecified atom stereocenters. The molecule has 27 heavy (non-hydrogen) atoms. The molecule has 0 saturated carbocycles. The number of anilines is 2. The molecule has 0 spiro atoms. The highest BCUT2D eigenvalue weighted by molar-refractivity contribution is 5.48. The molecule has 0 radical (unpaired) electrons. The molecule has 8 heteroatoms. The molecule has 0 amide bonds. The highest BCUT2D eigenvalue weighted by Gasteiger charge is 2.29. The largest absolute Gasteiger partial charge is 0.389 e. The summed E-state index contributed by atoms with van der Waals surface area (Å²) in [7, 11) is 2.01. The third-order valence-electron chi connectivity index (χ3n) is 5.28. The summed E-state index contributed by atoms with van der Waals surface area (Å²) < 4.78 is 7.62. The van der Waals surface area contributed by atoms with Gasteiger partial charge in [0.1, 0.15) is 11.6 Å². The fourth-order valence-corrected chi connectivity index (χ4v) is 3.60. The average molecular weight is 372 g/mol. The van der Waals surface area contributed by atoms with E-state index < -0.39 is 0 Å². The van der Waals surface area contributed by atoms with Gasteiger partial charge in [-0.2, -0.15) is 4.98 Å². The maximum absolute atomic E-state index is 9.69. The lowest BCUT2D eigenvalue weighted by Crippen LogP contribution is -2.51. The molecular formula is C19H28N6O2. The van der Waals surface area contributed by atoms with Crippen LogP contribution in [0, 0.1) is 0 Å². The number of β-amino-alcohol motifs (C(OH)–C–C–N with tert-alkyl or cyclic N) is 1. The topological polar surface area (TPSA) is 79.5 Å². The average Bonchev–Trinajstić information content (AvgIpc) is 3.31. The zero-order valence-electron chi connectivity index (χ0n) is 16.1. The van der Waals surface area contributed by atoms with Crippen LogP contribution in [0.3, 0.4) is 0 Å². The molecule has 0 aliphatic carbocycles. The number of aliphatic hydroxyl groups excluding tert-OH is 1. The van der Waals surface area contributed by atoms with E-state index >= 15 is 0 Å². The van der Waals surface area contributed by atoms with Crippen LogP contribution in [0.4, 0.5) is 11.8 Å². The third kappa shape index (κ3) is 3.91. The highest BCUT2D eigenvalue weighted by Crippen LogP contribution is 2.29. The summed E-state index contributed by atoms with van der Waals surface area (Å²) in [6.07, 6.45) is 5.52. The van der Waals surface area contributed by atoms with Gasteiger partial charge in [-0.25, -0.2) is 9.97 Å². The van der Waals surface area contributed by atoms with Gasteiger partial charge in [0.25, 0.3) is 0 Å². The lowest BCUT2D eigenvalue weighted by Gasteiger charge is -2.36. The molecule has 0 aromatic carbocycles. The second-order valence-electron chi connectivity index (χ2n) is 7.45. The smallest absolute Gasteiger partial charge is 0.227 e. The Morgan fingerprint density at radius 2 is 2.19 bits per heavy atom. The van der Waals surface area contributed by atoms with Crippen LogP contribution in [-0.2, 0) is 18.3 Å². The van der Waals surface area contributed by atoms with E-state index in [4.69, 9.17) is 14.7 Å². The van der Waals surface area contributed by atoms with Crippen molar-refractivity contribution in [2.24, 2.45) is 7.05 Å². The van der Waals surface area contributed by atoms with Gasteiger partial charge in [-0.05, 0) is 12.8 Å². The van der Waals surface area contributed by atoms with E-state index in [2.05, 4.69) is 22.9 Å². The first-order chi connectivity index (χ1) is 13.1. The minimum Gasteiger partial charge on any atom is -0.389 e. The number of hydrogen-bond donors (Lipinski definition) is 1. The third-order valence-corrected chi connectivity index (χ3v) is 5.28. The summed E-state index contributed by atoms with van der Waals surface area (Å²) in [5.41, 5.74) is 1.04. The van der Waals surface area contributed by atoms with Gasteiger partial charge in [-0.1, -0.05) is 6.92 Å². The SMILES string of the molecule is CCCN(Cc1nccn1C)c1cc([C@H]2CCOC2)nc(N2CC(O)C2)n1. The molecule has 1 atom stereocenters. The summed E-state index contributed by atoms with van der Waals surface area (Å²) in [4.78, 5) is 18.4. The Balaban J connectivity index is 1.66. The Labute approximate surface area is 159 Å². The van der Waals surface area contributed by atoms with Crippen molar-refractivity contribution < 1.29 is 9.84 Å².